The van der Waals surface area contributed by atoms with Crippen molar-refractivity contribution in [3.8, 4) is 0 Å². The smallest absolute Gasteiger partial charge is 0.0167 e. The fraction of sp³-hybridized carbons (Fsp3) is 0.692. The van der Waals surface area contributed by atoms with Gasteiger partial charge in [0.15, 0.2) is 0 Å². The molecule has 0 radical (unpaired) electrons. The summed E-state index contributed by atoms with van der Waals surface area (Å²) in [6.45, 7) is 6.58. The average molecular weight is 180 g/mol. The molecule has 0 aliphatic rings. The van der Waals surface area contributed by atoms with Crippen molar-refractivity contribution in [1.82, 2.24) is 0 Å². The lowest BCUT2D eigenvalue weighted by atomic mass is 10.1. The standard InChI is InChI=1S/C13H24/c1-4-6-8-10-12-13(3)11-9-7-5-2/h5,7,11H,4,6,8-10,12H2,1-3H3/b7-5-,13-11+. The van der Waals surface area contributed by atoms with E-state index in [0.717, 1.165) is 6.42 Å². The van der Waals surface area contributed by atoms with Crippen LogP contribution >= 0.6 is 0 Å². The second-order valence-corrected chi connectivity index (χ2v) is 3.67. The molecule has 0 atom stereocenters. The number of allylic oxidation sites excluding steroid dienone is 4. The van der Waals surface area contributed by atoms with Gasteiger partial charge in [0.05, 0.1) is 0 Å². The van der Waals surface area contributed by atoms with Crippen LogP contribution in [0, 0.1) is 0 Å². The Labute approximate surface area is 83.7 Å². The van der Waals surface area contributed by atoms with Gasteiger partial charge in [-0.25, -0.2) is 0 Å². The van der Waals surface area contributed by atoms with E-state index >= 15 is 0 Å². The molecule has 0 heterocycles. The first-order valence-corrected chi connectivity index (χ1v) is 5.58. The third-order valence-electron chi connectivity index (χ3n) is 2.26. The van der Waals surface area contributed by atoms with Crippen molar-refractivity contribution in [3.63, 3.8) is 0 Å². The maximum absolute atomic E-state index is 2.34. The summed E-state index contributed by atoms with van der Waals surface area (Å²) in [7, 11) is 0. The maximum Gasteiger partial charge on any atom is -0.0167 e. The van der Waals surface area contributed by atoms with Crippen molar-refractivity contribution in [3.05, 3.63) is 23.8 Å². The summed E-state index contributed by atoms with van der Waals surface area (Å²) in [5.41, 5.74) is 1.55. The predicted molar refractivity (Wildman–Crippen MR) is 61.9 cm³/mol. The Morgan fingerprint density at radius 1 is 1.15 bits per heavy atom. The minimum absolute atomic E-state index is 1.11. The summed E-state index contributed by atoms with van der Waals surface area (Å²) in [5.74, 6) is 0. The third-order valence-corrected chi connectivity index (χ3v) is 2.26. The summed E-state index contributed by atoms with van der Waals surface area (Å²) in [5, 5.41) is 0. The van der Waals surface area contributed by atoms with Gasteiger partial charge in [0.2, 0.25) is 0 Å². The third kappa shape index (κ3) is 9.39. The van der Waals surface area contributed by atoms with Gasteiger partial charge in [0.1, 0.15) is 0 Å². The van der Waals surface area contributed by atoms with Crippen LogP contribution in [0.4, 0.5) is 0 Å². The van der Waals surface area contributed by atoms with Crippen molar-refractivity contribution in [2.75, 3.05) is 0 Å². The molecule has 0 saturated heterocycles. The second kappa shape index (κ2) is 9.57. The van der Waals surface area contributed by atoms with Gasteiger partial charge in [0, 0.05) is 0 Å². The van der Waals surface area contributed by atoms with Gasteiger partial charge >= 0.3 is 0 Å². The minimum Gasteiger partial charge on any atom is -0.0914 e. The molecule has 0 unspecified atom stereocenters. The van der Waals surface area contributed by atoms with Gasteiger partial charge in [-0.1, -0.05) is 50.0 Å². The van der Waals surface area contributed by atoms with Crippen LogP contribution in [0.1, 0.15) is 59.3 Å². The molecule has 0 aromatic heterocycles. The quantitative estimate of drug-likeness (QED) is 0.387. The molecule has 0 aromatic rings. The first-order valence-electron chi connectivity index (χ1n) is 5.58. The zero-order chi connectivity index (χ0) is 9.94. The van der Waals surface area contributed by atoms with E-state index in [9.17, 15) is 0 Å². The Balaban J connectivity index is 3.37. The van der Waals surface area contributed by atoms with E-state index in [1.807, 2.05) is 0 Å². The fourth-order valence-corrected chi connectivity index (χ4v) is 1.34. The first kappa shape index (κ1) is 12.5. The molecule has 0 aromatic carbocycles. The van der Waals surface area contributed by atoms with Gasteiger partial charge in [-0.05, 0) is 33.1 Å². The highest BCUT2D eigenvalue weighted by molar-refractivity contribution is 5.01. The Morgan fingerprint density at radius 3 is 2.54 bits per heavy atom. The first-order chi connectivity index (χ1) is 6.31. The van der Waals surface area contributed by atoms with Crippen LogP contribution in [-0.2, 0) is 0 Å². The van der Waals surface area contributed by atoms with E-state index < -0.39 is 0 Å². The molecule has 0 fully saturated rings. The molecule has 0 saturated carbocycles. The minimum atomic E-state index is 1.11. The lowest BCUT2D eigenvalue weighted by Gasteiger charge is -1.99. The molecule has 0 aliphatic carbocycles. The van der Waals surface area contributed by atoms with Crippen molar-refractivity contribution in [2.24, 2.45) is 0 Å². The normalized spacial score (nSPS) is 12.7. The number of unbranched alkanes of at least 4 members (excludes halogenated alkanes) is 3. The van der Waals surface area contributed by atoms with Crippen LogP contribution in [0.25, 0.3) is 0 Å². The summed E-state index contributed by atoms with van der Waals surface area (Å²) >= 11 is 0. The Morgan fingerprint density at radius 2 is 1.92 bits per heavy atom. The van der Waals surface area contributed by atoms with Gasteiger partial charge in [-0.15, -0.1) is 0 Å². The highest BCUT2D eigenvalue weighted by atomic mass is 14.0. The topological polar surface area (TPSA) is 0 Å². The highest BCUT2D eigenvalue weighted by Gasteiger charge is 1.89. The summed E-state index contributed by atoms with van der Waals surface area (Å²) in [4.78, 5) is 0. The SMILES string of the molecule is C/C=C\C/C=C(\C)CCCCCC. The molecule has 0 spiro atoms. The molecule has 0 heteroatoms. The van der Waals surface area contributed by atoms with E-state index in [1.54, 1.807) is 5.57 Å². The molecule has 0 bridgehead atoms. The molecular formula is C13H24. The van der Waals surface area contributed by atoms with E-state index in [1.165, 1.54) is 32.1 Å². The zero-order valence-electron chi connectivity index (χ0n) is 9.47. The Kier molecular flexibility index (Phi) is 9.18. The monoisotopic (exact) mass is 180 g/mol. The predicted octanol–water partition coefficient (Wildman–Crippen LogP) is 4.87. The summed E-state index contributed by atoms with van der Waals surface area (Å²) in [6.07, 6.45) is 14.5. The lowest BCUT2D eigenvalue weighted by molar-refractivity contribution is 0.663. The molecule has 0 N–H and O–H groups in total. The van der Waals surface area contributed by atoms with Crippen molar-refractivity contribution in [2.45, 2.75) is 59.3 Å². The second-order valence-electron chi connectivity index (χ2n) is 3.67. The molecule has 0 aliphatic heterocycles. The molecule has 13 heavy (non-hydrogen) atoms. The molecule has 76 valence electrons. The van der Waals surface area contributed by atoms with Crippen molar-refractivity contribution >= 4 is 0 Å². The fourth-order valence-electron chi connectivity index (χ4n) is 1.34. The summed E-state index contributed by atoms with van der Waals surface area (Å²) < 4.78 is 0. The van der Waals surface area contributed by atoms with Gasteiger partial charge < -0.3 is 0 Å². The Hall–Kier alpha value is -0.520. The van der Waals surface area contributed by atoms with Crippen molar-refractivity contribution in [1.29, 1.82) is 0 Å². The number of hydrogen-bond acceptors (Lipinski definition) is 0. The van der Waals surface area contributed by atoms with Gasteiger partial charge in [-0.2, -0.15) is 0 Å². The zero-order valence-corrected chi connectivity index (χ0v) is 9.47. The average Bonchev–Trinajstić information content (AvgIpc) is 2.13. The molecule has 0 amide bonds. The van der Waals surface area contributed by atoms with Gasteiger partial charge in [0.25, 0.3) is 0 Å². The van der Waals surface area contributed by atoms with Crippen LogP contribution < -0.4 is 0 Å². The van der Waals surface area contributed by atoms with Crippen LogP contribution in [0.3, 0.4) is 0 Å². The molecule has 0 rings (SSSR count). The Bertz CT molecular complexity index is 151. The van der Waals surface area contributed by atoms with E-state index in [0.29, 0.717) is 0 Å². The number of rotatable bonds is 7. The maximum atomic E-state index is 2.34. The highest BCUT2D eigenvalue weighted by Crippen LogP contribution is 2.10. The molecular weight excluding hydrogens is 156 g/mol. The number of hydrogen-bond donors (Lipinski definition) is 0. The van der Waals surface area contributed by atoms with Crippen LogP contribution in [0.2, 0.25) is 0 Å². The van der Waals surface area contributed by atoms with E-state index in [-0.39, 0.29) is 0 Å². The van der Waals surface area contributed by atoms with Crippen LogP contribution in [0.15, 0.2) is 23.8 Å². The lowest BCUT2D eigenvalue weighted by Crippen LogP contribution is -1.79. The summed E-state index contributed by atoms with van der Waals surface area (Å²) in [6, 6.07) is 0. The van der Waals surface area contributed by atoms with Crippen LogP contribution in [0.5, 0.6) is 0 Å². The van der Waals surface area contributed by atoms with Gasteiger partial charge in [-0.3, -0.25) is 0 Å². The van der Waals surface area contributed by atoms with E-state index in [2.05, 4.69) is 39.0 Å². The largest absolute Gasteiger partial charge is 0.0914 e. The van der Waals surface area contributed by atoms with E-state index in [4.69, 9.17) is 0 Å². The van der Waals surface area contributed by atoms with Crippen LogP contribution in [-0.4, -0.2) is 0 Å². The van der Waals surface area contributed by atoms with Crippen molar-refractivity contribution < 1.29 is 0 Å². The molecule has 0 nitrogen and oxygen atoms in total.